The number of aromatic nitrogens is 2. The highest BCUT2D eigenvalue weighted by Crippen LogP contribution is 2.46. The number of carbonyl (C=O) groups excluding carboxylic acids is 1. The summed E-state index contributed by atoms with van der Waals surface area (Å²) in [5, 5.41) is 3.46. The van der Waals surface area contributed by atoms with E-state index < -0.39 is 30.0 Å². The van der Waals surface area contributed by atoms with Crippen molar-refractivity contribution in [1.82, 2.24) is 20.8 Å². The SMILES string of the molecule is O=C(NNCC(F)(F)F)c1cnc(NC2(c3ccc(F)cc3Cl)CCC2)nc1. The Bertz CT molecular complexity index is 856. The van der Waals surface area contributed by atoms with Crippen LogP contribution < -0.4 is 16.2 Å². The first kappa shape index (κ1) is 20.3. The number of rotatable bonds is 6. The van der Waals surface area contributed by atoms with Crippen LogP contribution in [0.4, 0.5) is 23.5 Å². The van der Waals surface area contributed by atoms with Crippen LogP contribution >= 0.6 is 11.6 Å². The molecule has 150 valence electrons. The van der Waals surface area contributed by atoms with Crippen molar-refractivity contribution in [3.05, 3.63) is 52.6 Å². The number of benzene rings is 1. The molecule has 1 aromatic carbocycles. The molecule has 1 saturated carbocycles. The maximum atomic E-state index is 13.3. The zero-order valence-corrected chi connectivity index (χ0v) is 15.2. The summed E-state index contributed by atoms with van der Waals surface area (Å²) in [6.07, 6.45) is 0.357. The van der Waals surface area contributed by atoms with E-state index in [1.807, 2.05) is 5.43 Å². The van der Waals surface area contributed by atoms with E-state index in [0.717, 1.165) is 24.8 Å². The molecule has 6 nitrogen and oxygen atoms in total. The van der Waals surface area contributed by atoms with E-state index in [9.17, 15) is 22.4 Å². The molecule has 0 saturated heterocycles. The van der Waals surface area contributed by atoms with Crippen LogP contribution in [0, 0.1) is 5.82 Å². The van der Waals surface area contributed by atoms with Crippen molar-refractivity contribution in [2.45, 2.75) is 31.0 Å². The zero-order chi connectivity index (χ0) is 20.4. The summed E-state index contributed by atoms with van der Waals surface area (Å²) < 4.78 is 49.5. The van der Waals surface area contributed by atoms with Crippen LogP contribution in [-0.4, -0.2) is 28.6 Å². The number of anilines is 1. The number of hydrogen-bond acceptors (Lipinski definition) is 5. The third kappa shape index (κ3) is 4.68. The molecule has 1 aliphatic rings. The lowest BCUT2D eigenvalue weighted by molar-refractivity contribution is -0.126. The normalized spacial score (nSPS) is 15.6. The average Bonchev–Trinajstić information content (AvgIpc) is 2.58. The van der Waals surface area contributed by atoms with E-state index in [1.54, 1.807) is 11.5 Å². The predicted octanol–water partition coefficient (Wildman–Crippen LogP) is 3.56. The zero-order valence-electron chi connectivity index (χ0n) is 14.4. The predicted molar refractivity (Wildman–Crippen MR) is 94.1 cm³/mol. The molecule has 0 spiro atoms. The Morgan fingerprint density at radius 2 is 1.89 bits per heavy atom. The molecule has 0 radical (unpaired) electrons. The van der Waals surface area contributed by atoms with Gasteiger partial charge in [0.05, 0.1) is 11.1 Å². The molecule has 1 aromatic heterocycles. The monoisotopic (exact) mass is 417 g/mol. The number of carbonyl (C=O) groups is 1. The minimum atomic E-state index is -4.45. The van der Waals surface area contributed by atoms with Gasteiger partial charge in [0.25, 0.3) is 5.91 Å². The quantitative estimate of drug-likeness (QED) is 0.495. The van der Waals surface area contributed by atoms with Crippen molar-refractivity contribution in [1.29, 1.82) is 0 Å². The summed E-state index contributed by atoms with van der Waals surface area (Å²) in [6, 6.07) is 4.17. The summed E-state index contributed by atoms with van der Waals surface area (Å²) in [5.41, 5.74) is 3.88. The van der Waals surface area contributed by atoms with Gasteiger partial charge in [-0.05, 0) is 37.0 Å². The van der Waals surface area contributed by atoms with E-state index >= 15 is 0 Å². The minimum absolute atomic E-state index is 0.0114. The van der Waals surface area contributed by atoms with Gasteiger partial charge in [0.1, 0.15) is 12.4 Å². The van der Waals surface area contributed by atoms with Crippen LogP contribution in [0.3, 0.4) is 0 Å². The van der Waals surface area contributed by atoms with Crippen LogP contribution in [0.15, 0.2) is 30.6 Å². The van der Waals surface area contributed by atoms with Crippen LogP contribution in [0.2, 0.25) is 5.02 Å². The second kappa shape index (κ2) is 7.88. The molecule has 0 bridgehead atoms. The van der Waals surface area contributed by atoms with E-state index in [1.165, 1.54) is 24.5 Å². The number of hydrogen-bond donors (Lipinski definition) is 3. The van der Waals surface area contributed by atoms with Gasteiger partial charge in [0.15, 0.2) is 0 Å². The summed E-state index contributed by atoms with van der Waals surface area (Å²) in [5.74, 6) is -1.01. The van der Waals surface area contributed by atoms with Gasteiger partial charge in [-0.3, -0.25) is 10.2 Å². The molecule has 1 heterocycles. The lowest BCUT2D eigenvalue weighted by Gasteiger charge is -2.43. The number of halogens is 5. The molecule has 3 N–H and O–H groups in total. The van der Waals surface area contributed by atoms with Gasteiger partial charge in [-0.15, -0.1) is 0 Å². The standard InChI is InChI=1S/C17H16ClF4N5O/c18-13-6-11(19)2-3-12(13)16(4-1-5-16)26-15-23-7-10(8-24-15)14(28)27-25-9-17(20,21)22/h2-3,6-8,25H,1,4-5,9H2,(H,27,28)(H,23,24,26). The molecule has 1 amide bonds. The number of nitrogens with zero attached hydrogens (tertiary/aromatic N) is 2. The van der Waals surface area contributed by atoms with Gasteiger partial charge >= 0.3 is 6.18 Å². The van der Waals surface area contributed by atoms with Crippen molar-refractivity contribution in [3.8, 4) is 0 Å². The number of nitrogens with one attached hydrogen (secondary N) is 3. The highest BCUT2D eigenvalue weighted by molar-refractivity contribution is 6.31. The number of alkyl halides is 3. The summed E-state index contributed by atoms with van der Waals surface area (Å²) >= 11 is 6.18. The highest BCUT2D eigenvalue weighted by Gasteiger charge is 2.40. The Morgan fingerprint density at radius 3 is 2.43 bits per heavy atom. The lowest BCUT2D eigenvalue weighted by atomic mass is 9.72. The van der Waals surface area contributed by atoms with Crippen LogP contribution in [0.25, 0.3) is 0 Å². The fourth-order valence-corrected chi connectivity index (χ4v) is 3.24. The molecule has 28 heavy (non-hydrogen) atoms. The molecule has 0 unspecified atom stereocenters. The Hall–Kier alpha value is -2.46. The van der Waals surface area contributed by atoms with Crippen molar-refractivity contribution >= 4 is 23.5 Å². The Labute approximate surface area is 162 Å². The summed E-state index contributed by atoms with van der Waals surface area (Å²) in [7, 11) is 0. The maximum absolute atomic E-state index is 13.3. The fraction of sp³-hybridized carbons (Fsp3) is 0.353. The third-order valence-electron chi connectivity index (χ3n) is 4.41. The molecular weight excluding hydrogens is 402 g/mol. The molecule has 3 rings (SSSR count). The molecule has 2 aromatic rings. The second-order valence-corrected chi connectivity index (χ2v) is 6.81. The van der Waals surface area contributed by atoms with Gasteiger partial charge in [0, 0.05) is 17.4 Å². The van der Waals surface area contributed by atoms with Gasteiger partial charge in [-0.1, -0.05) is 17.7 Å². The molecule has 1 aliphatic carbocycles. The molecular formula is C17H16ClF4N5O. The first-order chi connectivity index (χ1) is 13.2. The largest absolute Gasteiger partial charge is 0.402 e. The minimum Gasteiger partial charge on any atom is -0.345 e. The van der Waals surface area contributed by atoms with Crippen LogP contribution in [0.1, 0.15) is 35.2 Å². The fourth-order valence-electron chi connectivity index (χ4n) is 2.89. The van der Waals surface area contributed by atoms with Gasteiger partial charge < -0.3 is 5.32 Å². The van der Waals surface area contributed by atoms with Gasteiger partial charge in [-0.25, -0.2) is 19.8 Å². The van der Waals surface area contributed by atoms with Crippen LogP contribution in [0.5, 0.6) is 0 Å². The summed E-state index contributed by atoms with van der Waals surface area (Å²) in [6.45, 7) is -1.36. The van der Waals surface area contributed by atoms with Crippen molar-refractivity contribution in [3.63, 3.8) is 0 Å². The highest BCUT2D eigenvalue weighted by atomic mass is 35.5. The lowest BCUT2D eigenvalue weighted by Crippen LogP contribution is -2.43. The average molecular weight is 418 g/mol. The molecule has 1 fully saturated rings. The Kier molecular flexibility index (Phi) is 5.71. The Morgan fingerprint density at radius 1 is 1.21 bits per heavy atom. The summed E-state index contributed by atoms with van der Waals surface area (Å²) in [4.78, 5) is 19.9. The van der Waals surface area contributed by atoms with Crippen molar-refractivity contribution in [2.24, 2.45) is 0 Å². The Balaban J connectivity index is 1.67. The van der Waals surface area contributed by atoms with E-state index in [4.69, 9.17) is 11.6 Å². The van der Waals surface area contributed by atoms with E-state index in [-0.39, 0.29) is 11.5 Å². The number of amides is 1. The number of hydrazine groups is 1. The van der Waals surface area contributed by atoms with Crippen molar-refractivity contribution in [2.75, 3.05) is 11.9 Å². The first-order valence-corrected chi connectivity index (χ1v) is 8.72. The van der Waals surface area contributed by atoms with Crippen LogP contribution in [-0.2, 0) is 5.54 Å². The topological polar surface area (TPSA) is 78.9 Å². The van der Waals surface area contributed by atoms with E-state index in [2.05, 4.69) is 15.3 Å². The molecule has 0 atom stereocenters. The maximum Gasteiger partial charge on any atom is 0.402 e. The second-order valence-electron chi connectivity index (χ2n) is 6.40. The molecule has 0 aliphatic heterocycles. The third-order valence-corrected chi connectivity index (χ3v) is 4.72. The van der Waals surface area contributed by atoms with Crippen molar-refractivity contribution < 1.29 is 22.4 Å². The molecule has 11 heteroatoms. The van der Waals surface area contributed by atoms with Gasteiger partial charge in [-0.2, -0.15) is 13.2 Å². The van der Waals surface area contributed by atoms with E-state index in [0.29, 0.717) is 5.02 Å². The smallest absolute Gasteiger partial charge is 0.345 e. The van der Waals surface area contributed by atoms with Gasteiger partial charge in [0.2, 0.25) is 5.95 Å². The first-order valence-electron chi connectivity index (χ1n) is 8.34.